The van der Waals surface area contributed by atoms with Gasteiger partial charge in [-0.3, -0.25) is 0 Å². The molecule has 1 aromatic rings. The highest BCUT2D eigenvalue weighted by molar-refractivity contribution is 7.11. The third-order valence-corrected chi connectivity index (χ3v) is 4.31. The van der Waals surface area contributed by atoms with E-state index in [9.17, 15) is 4.79 Å². The molecular weight excluding hydrogens is 276 g/mol. The molecule has 6 nitrogen and oxygen atoms in total. The van der Waals surface area contributed by atoms with Crippen LogP contribution in [0.1, 0.15) is 30.1 Å². The number of nitrogen functional groups attached to an aromatic ring is 1. The van der Waals surface area contributed by atoms with Gasteiger partial charge >= 0.3 is 5.97 Å². The molecule has 1 atom stereocenters. The summed E-state index contributed by atoms with van der Waals surface area (Å²) < 4.78 is 8.74. The lowest BCUT2D eigenvalue weighted by Gasteiger charge is -2.20. The van der Waals surface area contributed by atoms with Gasteiger partial charge in [0.2, 0.25) is 0 Å². The number of hydrogen-bond donors (Lipinski definition) is 2. The number of nitrogens with two attached hydrogens (primary N) is 1. The first-order valence-corrected chi connectivity index (χ1v) is 7.68. The third kappa shape index (κ3) is 3.61. The van der Waals surface area contributed by atoms with E-state index >= 15 is 0 Å². The molecular formula is C13H22N4O2S. The van der Waals surface area contributed by atoms with E-state index in [0.717, 1.165) is 13.1 Å². The number of carbonyl (C=O) groups is 1. The molecule has 0 aromatic carbocycles. The van der Waals surface area contributed by atoms with Crippen molar-refractivity contribution in [1.82, 2.24) is 9.27 Å². The van der Waals surface area contributed by atoms with Crippen LogP contribution >= 0.6 is 11.5 Å². The Balaban J connectivity index is 1.88. The highest BCUT2D eigenvalue weighted by atomic mass is 32.1. The van der Waals surface area contributed by atoms with E-state index in [1.54, 1.807) is 0 Å². The predicted octanol–water partition coefficient (Wildman–Crippen LogP) is 1.66. The topological polar surface area (TPSA) is 80.5 Å². The summed E-state index contributed by atoms with van der Waals surface area (Å²) in [6.07, 6.45) is 2.61. The molecule has 0 spiro atoms. The first-order valence-electron chi connectivity index (χ1n) is 6.91. The van der Waals surface area contributed by atoms with Gasteiger partial charge in [0.15, 0.2) is 5.82 Å². The normalized spacial score (nSPS) is 17.1. The van der Waals surface area contributed by atoms with E-state index < -0.39 is 5.97 Å². The standard InChI is InChI=1S/C13H22N4O2S/c1-9(8-17-5-3-4-6-17)7-15-12-10(13(18)19-2)11(14)16-20-12/h9,15H,3-8H2,1-2H3,(H2,14,16). The Hall–Kier alpha value is -1.34. The number of ether oxygens (including phenoxy) is 1. The molecule has 1 aromatic heterocycles. The number of likely N-dealkylation sites (tertiary alicyclic amines) is 1. The Bertz CT molecular complexity index is 457. The average Bonchev–Trinajstić information content (AvgIpc) is 3.05. The van der Waals surface area contributed by atoms with Crippen LogP contribution in [0.15, 0.2) is 0 Å². The van der Waals surface area contributed by atoms with Crippen molar-refractivity contribution in [3.8, 4) is 0 Å². The minimum absolute atomic E-state index is 0.233. The lowest BCUT2D eigenvalue weighted by atomic mass is 10.1. The summed E-state index contributed by atoms with van der Waals surface area (Å²) in [6, 6.07) is 0. The Labute approximate surface area is 123 Å². The van der Waals surface area contributed by atoms with Crippen molar-refractivity contribution in [3.63, 3.8) is 0 Å². The molecule has 1 unspecified atom stereocenters. The van der Waals surface area contributed by atoms with Gasteiger partial charge in [0, 0.05) is 13.1 Å². The molecule has 1 fully saturated rings. The van der Waals surface area contributed by atoms with Gasteiger partial charge < -0.3 is 20.7 Å². The van der Waals surface area contributed by atoms with Crippen LogP contribution in [-0.2, 0) is 4.74 Å². The summed E-state index contributed by atoms with van der Waals surface area (Å²) in [7, 11) is 1.35. The quantitative estimate of drug-likeness (QED) is 0.777. The zero-order valence-electron chi connectivity index (χ0n) is 12.0. The number of anilines is 2. The van der Waals surface area contributed by atoms with Crippen LogP contribution in [0.2, 0.25) is 0 Å². The first-order chi connectivity index (χ1) is 9.61. The van der Waals surface area contributed by atoms with E-state index in [4.69, 9.17) is 10.5 Å². The van der Waals surface area contributed by atoms with Crippen LogP contribution < -0.4 is 11.1 Å². The molecule has 7 heteroatoms. The van der Waals surface area contributed by atoms with Crippen molar-refractivity contribution in [2.45, 2.75) is 19.8 Å². The van der Waals surface area contributed by atoms with Gasteiger partial charge in [-0.2, -0.15) is 4.37 Å². The fourth-order valence-corrected chi connectivity index (χ4v) is 3.17. The second kappa shape index (κ2) is 6.90. The second-order valence-electron chi connectivity index (χ2n) is 5.26. The molecule has 0 bridgehead atoms. The maximum atomic E-state index is 11.7. The lowest BCUT2D eigenvalue weighted by Crippen LogP contribution is -2.29. The second-order valence-corrected chi connectivity index (χ2v) is 6.03. The van der Waals surface area contributed by atoms with Crippen molar-refractivity contribution in [1.29, 1.82) is 0 Å². The monoisotopic (exact) mass is 298 g/mol. The number of rotatable bonds is 6. The van der Waals surface area contributed by atoms with Gasteiger partial charge in [-0.05, 0) is 43.4 Å². The van der Waals surface area contributed by atoms with E-state index in [0.29, 0.717) is 16.5 Å². The van der Waals surface area contributed by atoms with Crippen molar-refractivity contribution in [2.24, 2.45) is 5.92 Å². The van der Waals surface area contributed by atoms with Gasteiger partial charge in [0.25, 0.3) is 0 Å². The van der Waals surface area contributed by atoms with E-state index in [2.05, 4.69) is 21.5 Å². The fourth-order valence-electron chi connectivity index (χ4n) is 2.46. The Kier molecular flexibility index (Phi) is 5.19. The minimum Gasteiger partial charge on any atom is -0.465 e. The van der Waals surface area contributed by atoms with Gasteiger partial charge in [0.1, 0.15) is 10.6 Å². The average molecular weight is 298 g/mol. The first kappa shape index (κ1) is 15.1. The van der Waals surface area contributed by atoms with E-state index in [1.165, 1.54) is 44.6 Å². The lowest BCUT2D eigenvalue weighted by molar-refractivity contribution is 0.0603. The van der Waals surface area contributed by atoms with Gasteiger partial charge in [-0.25, -0.2) is 4.79 Å². The highest BCUT2D eigenvalue weighted by Gasteiger charge is 2.21. The Morgan fingerprint density at radius 1 is 1.55 bits per heavy atom. The molecule has 3 N–H and O–H groups in total. The van der Waals surface area contributed by atoms with Crippen molar-refractivity contribution in [2.75, 3.05) is 44.3 Å². The van der Waals surface area contributed by atoms with Crippen LogP contribution in [0.25, 0.3) is 0 Å². The van der Waals surface area contributed by atoms with E-state index in [-0.39, 0.29) is 5.82 Å². The SMILES string of the molecule is COC(=O)c1c(N)nsc1NCC(C)CN1CCCC1. The van der Waals surface area contributed by atoms with E-state index in [1.807, 2.05) is 0 Å². The van der Waals surface area contributed by atoms with Crippen LogP contribution in [0.3, 0.4) is 0 Å². The number of esters is 1. The van der Waals surface area contributed by atoms with Crippen molar-refractivity contribution >= 4 is 28.3 Å². The molecule has 1 aliphatic heterocycles. The fraction of sp³-hybridized carbons (Fsp3) is 0.692. The van der Waals surface area contributed by atoms with Gasteiger partial charge in [-0.1, -0.05) is 6.92 Å². The smallest absolute Gasteiger partial charge is 0.344 e. The number of nitrogens with one attached hydrogen (secondary N) is 1. The summed E-state index contributed by atoms with van der Waals surface area (Å²) in [5, 5.41) is 3.97. The van der Waals surface area contributed by atoms with Crippen LogP contribution in [0.4, 0.5) is 10.8 Å². The summed E-state index contributed by atoms with van der Waals surface area (Å²) >= 11 is 1.20. The van der Waals surface area contributed by atoms with Gasteiger partial charge in [0.05, 0.1) is 7.11 Å². The zero-order chi connectivity index (χ0) is 14.5. The summed E-state index contributed by atoms with van der Waals surface area (Å²) in [5.74, 6) is 0.296. The largest absolute Gasteiger partial charge is 0.465 e. The molecule has 1 aliphatic rings. The summed E-state index contributed by atoms with van der Waals surface area (Å²) in [4.78, 5) is 14.1. The molecule has 0 amide bonds. The van der Waals surface area contributed by atoms with Crippen molar-refractivity contribution in [3.05, 3.63) is 5.56 Å². The number of carbonyl (C=O) groups excluding carboxylic acids is 1. The molecule has 2 heterocycles. The number of hydrogen-bond acceptors (Lipinski definition) is 7. The zero-order valence-corrected chi connectivity index (χ0v) is 12.8. The van der Waals surface area contributed by atoms with Crippen LogP contribution in [-0.4, -0.2) is 48.5 Å². The van der Waals surface area contributed by atoms with Crippen LogP contribution in [0.5, 0.6) is 0 Å². The highest BCUT2D eigenvalue weighted by Crippen LogP contribution is 2.27. The maximum Gasteiger partial charge on any atom is 0.344 e. The summed E-state index contributed by atoms with van der Waals surface area (Å²) in [6.45, 7) is 6.47. The number of aromatic nitrogens is 1. The van der Waals surface area contributed by atoms with Gasteiger partial charge in [-0.15, -0.1) is 0 Å². The molecule has 20 heavy (non-hydrogen) atoms. The number of methoxy groups -OCH3 is 1. The molecule has 0 aliphatic carbocycles. The Morgan fingerprint density at radius 2 is 2.25 bits per heavy atom. The molecule has 0 saturated carbocycles. The molecule has 0 radical (unpaired) electrons. The van der Waals surface area contributed by atoms with Crippen LogP contribution in [0, 0.1) is 5.92 Å². The van der Waals surface area contributed by atoms with Crippen molar-refractivity contribution < 1.29 is 9.53 Å². The number of nitrogens with zero attached hydrogens (tertiary/aromatic N) is 2. The molecule has 1 saturated heterocycles. The summed E-state index contributed by atoms with van der Waals surface area (Å²) in [5.41, 5.74) is 6.06. The third-order valence-electron chi connectivity index (χ3n) is 3.49. The predicted molar refractivity (Wildman–Crippen MR) is 81.2 cm³/mol. The molecule has 2 rings (SSSR count). The minimum atomic E-state index is -0.439. The maximum absolute atomic E-state index is 11.7. The molecule has 112 valence electrons. The Morgan fingerprint density at radius 3 is 2.90 bits per heavy atom.